The third kappa shape index (κ3) is 14.6. The van der Waals surface area contributed by atoms with Crippen LogP contribution >= 0.6 is 0 Å². The van der Waals surface area contributed by atoms with Crippen molar-refractivity contribution in [3.8, 4) is 0 Å². The minimum Gasteiger partial charge on any atom is -0.478 e. The SMILES string of the molecule is CCOCCn1c(CN2CCN(CCS(=O)(=O)c3ccccc3)CC2)nc2cccnc21.O=C(O)C=CC(=O)O.O=C(O)C=CC(=O)O. The van der Waals surface area contributed by atoms with E-state index in [4.69, 9.17) is 30.1 Å². The van der Waals surface area contributed by atoms with Gasteiger partial charge in [-0.25, -0.2) is 37.6 Å². The highest BCUT2D eigenvalue weighted by Crippen LogP contribution is 2.17. The monoisotopic (exact) mass is 689 g/mol. The smallest absolute Gasteiger partial charge is 0.328 e. The van der Waals surface area contributed by atoms with E-state index in [9.17, 15) is 27.6 Å². The van der Waals surface area contributed by atoms with Gasteiger partial charge in [-0.15, -0.1) is 0 Å². The maximum absolute atomic E-state index is 12.5. The second kappa shape index (κ2) is 20.3. The van der Waals surface area contributed by atoms with Gasteiger partial charge >= 0.3 is 23.9 Å². The van der Waals surface area contributed by atoms with E-state index in [2.05, 4.69) is 19.4 Å². The van der Waals surface area contributed by atoms with Crippen molar-refractivity contribution in [3.05, 3.63) is 78.8 Å². The standard InChI is InChI=1S/C23H31N5O3S.2C4H4O4/c1-2-31-17-15-28-22(25-21-9-6-10-24-23(21)28)19-27-13-11-26(12-14-27)16-18-32(29,30)20-7-4-3-5-8-20;2*5-3(6)1-2-4(7)8/h3-10H,2,11-19H2,1H3;2*1-2H,(H,5,6)(H,7,8). The lowest BCUT2D eigenvalue weighted by Gasteiger charge is -2.34. The van der Waals surface area contributed by atoms with Crippen molar-refractivity contribution in [3.63, 3.8) is 0 Å². The van der Waals surface area contributed by atoms with Crippen molar-refractivity contribution in [2.75, 3.05) is 51.7 Å². The number of rotatable bonds is 14. The number of imidazole rings is 1. The van der Waals surface area contributed by atoms with Crippen LogP contribution in [0.5, 0.6) is 0 Å². The van der Waals surface area contributed by atoms with Crippen molar-refractivity contribution in [2.45, 2.75) is 24.9 Å². The Bertz CT molecular complexity index is 1600. The van der Waals surface area contributed by atoms with Gasteiger partial charge in [0.1, 0.15) is 11.3 Å². The molecule has 1 aliphatic rings. The van der Waals surface area contributed by atoms with Gasteiger partial charge in [0.15, 0.2) is 15.5 Å². The first-order valence-electron chi connectivity index (χ1n) is 14.7. The molecular formula is C31H39N5O11S. The number of fused-ring (bicyclic) bond motifs is 1. The van der Waals surface area contributed by atoms with Crippen molar-refractivity contribution >= 4 is 44.9 Å². The van der Waals surface area contributed by atoms with E-state index >= 15 is 0 Å². The molecule has 0 amide bonds. The van der Waals surface area contributed by atoms with E-state index in [-0.39, 0.29) is 5.75 Å². The van der Waals surface area contributed by atoms with Crippen molar-refractivity contribution in [1.82, 2.24) is 24.3 Å². The Labute approximate surface area is 277 Å². The number of piperazine rings is 1. The molecule has 0 aliphatic carbocycles. The lowest BCUT2D eigenvalue weighted by Crippen LogP contribution is -2.47. The fourth-order valence-electron chi connectivity index (χ4n) is 4.31. The van der Waals surface area contributed by atoms with Gasteiger partial charge in [-0.2, -0.15) is 0 Å². The van der Waals surface area contributed by atoms with E-state index in [1.807, 2.05) is 25.1 Å². The van der Waals surface area contributed by atoms with Gasteiger partial charge in [-0.3, -0.25) is 9.80 Å². The summed E-state index contributed by atoms with van der Waals surface area (Å²) in [5, 5.41) is 31.2. The molecule has 0 saturated carbocycles. The van der Waals surface area contributed by atoms with E-state index in [1.165, 1.54) is 0 Å². The fourth-order valence-corrected chi connectivity index (χ4v) is 5.62. The second-order valence-corrected chi connectivity index (χ2v) is 12.1. The molecule has 4 N–H and O–H groups in total. The van der Waals surface area contributed by atoms with Crippen molar-refractivity contribution < 1.29 is 52.8 Å². The molecule has 17 heteroatoms. The highest BCUT2D eigenvalue weighted by molar-refractivity contribution is 7.91. The summed E-state index contributed by atoms with van der Waals surface area (Å²) < 4.78 is 32.8. The van der Waals surface area contributed by atoms with Crippen LogP contribution in [0.1, 0.15) is 12.7 Å². The zero-order valence-electron chi connectivity index (χ0n) is 26.3. The molecule has 0 bridgehead atoms. The van der Waals surface area contributed by atoms with Crippen LogP contribution in [0.2, 0.25) is 0 Å². The molecule has 0 unspecified atom stereocenters. The Morgan fingerprint density at radius 1 is 0.792 bits per heavy atom. The first-order chi connectivity index (χ1) is 22.8. The first kappa shape index (κ1) is 39.2. The normalized spacial score (nSPS) is 13.9. The van der Waals surface area contributed by atoms with Gasteiger partial charge < -0.3 is 29.7 Å². The van der Waals surface area contributed by atoms with Crippen LogP contribution in [0.25, 0.3) is 11.2 Å². The highest BCUT2D eigenvalue weighted by atomic mass is 32.2. The summed E-state index contributed by atoms with van der Waals surface area (Å²) >= 11 is 0. The van der Waals surface area contributed by atoms with Gasteiger partial charge in [0.25, 0.3) is 0 Å². The van der Waals surface area contributed by atoms with Gasteiger partial charge in [0.05, 0.1) is 23.8 Å². The summed E-state index contributed by atoms with van der Waals surface area (Å²) in [6.07, 6.45) is 4.03. The molecule has 1 fully saturated rings. The van der Waals surface area contributed by atoms with Gasteiger partial charge in [-0.05, 0) is 31.2 Å². The van der Waals surface area contributed by atoms with Crippen LogP contribution in [0.15, 0.2) is 77.9 Å². The number of pyridine rings is 1. The molecule has 0 radical (unpaired) electrons. The molecule has 16 nitrogen and oxygen atoms in total. The molecule has 1 saturated heterocycles. The predicted octanol–water partition coefficient (Wildman–Crippen LogP) is 1.48. The van der Waals surface area contributed by atoms with E-state index in [1.54, 1.807) is 30.5 Å². The Kier molecular flexibility index (Phi) is 16.6. The van der Waals surface area contributed by atoms with Crippen LogP contribution in [0.3, 0.4) is 0 Å². The van der Waals surface area contributed by atoms with Crippen LogP contribution in [0, 0.1) is 0 Å². The maximum atomic E-state index is 12.5. The lowest BCUT2D eigenvalue weighted by molar-refractivity contribution is -0.134. The molecule has 3 aromatic rings. The number of hydrogen-bond donors (Lipinski definition) is 4. The Morgan fingerprint density at radius 2 is 1.33 bits per heavy atom. The van der Waals surface area contributed by atoms with Crippen molar-refractivity contribution in [2.24, 2.45) is 0 Å². The average Bonchev–Trinajstić information content (AvgIpc) is 3.40. The molecule has 0 spiro atoms. The number of carboxylic acid groups (broad SMARTS) is 4. The Balaban J connectivity index is 0.000000414. The number of ether oxygens (including phenoxy) is 1. The number of hydrogen-bond acceptors (Lipinski definition) is 11. The molecule has 1 aromatic carbocycles. The molecule has 48 heavy (non-hydrogen) atoms. The zero-order valence-corrected chi connectivity index (χ0v) is 27.1. The number of aliphatic carboxylic acids is 4. The lowest BCUT2D eigenvalue weighted by atomic mass is 10.3. The number of carbonyl (C=O) groups is 4. The number of benzene rings is 1. The predicted molar refractivity (Wildman–Crippen MR) is 173 cm³/mol. The summed E-state index contributed by atoms with van der Waals surface area (Å²) in [4.78, 5) is 52.6. The number of aromatic nitrogens is 3. The summed E-state index contributed by atoms with van der Waals surface area (Å²) in [5.41, 5.74) is 1.80. The number of sulfone groups is 1. The van der Waals surface area contributed by atoms with Crippen LogP contribution < -0.4 is 0 Å². The molecule has 0 atom stereocenters. The quantitative estimate of drug-likeness (QED) is 0.139. The third-order valence-corrected chi connectivity index (χ3v) is 8.30. The Morgan fingerprint density at radius 3 is 1.85 bits per heavy atom. The largest absolute Gasteiger partial charge is 0.478 e. The summed E-state index contributed by atoms with van der Waals surface area (Å²) in [5.74, 6) is -3.88. The first-order valence-corrected chi connectivity index (χ1v) is 16.4. The summed E-state index contributed by atoms with van der Waals surface area (Å²) in [7, 11) is -3.24. The van der Waals surface area contributed by atoms with Gasteiger partial charge in [0.2, 0.25) is 0 Å². The molecule has 260 valence electrons. The van der Waals surface area contributed by atoms with Crippen LogP contribution in [-0.2, 0) is 46.8 Å². The molecule has 3 heterocycles. The highest BCUT2D eigenvalue weighted by Gasteiger charge is 2.22. The van der Waals surface area contributed by atoms with E-state index in [0.717, 1.165) is 56.3 Å². The maximum Gasteiger partial charge on any atom is 0.328 e. The molecular weight excluding hydrogens is 650 g/mol. The van der Waals surface area contributed by atoms with Crippen LogP contribution in [0.4, 0.5) is 0 Å². The summed E-state index contributed by atoms with van der Waals surface area (Å²) in [6.45, 7) is 8.82. The average molecular weight is 690 g/mol. The summed E-state index contributed by atoms with van der Waals surface area (Å²) in [6, 6.07) is 12.6. The fraction of sp³-hybridized carbons (Fsp3) is 0.355. The van der Waals surface area contributed by atoms with E-state index in [0.29, 0.717) is 49.0 Å². The van der Waals surface area contributed by atoms with Gasteiger partial charge in [0, 0.05) is 76.4 Å². The number of carboxylic acids is 4. The van der Waals surface area contributed by atoms with E-state index < -0.39 is 33.7 Å². The van der Waals surface area contributed by atoms with Crippen molar-refractivity contribution in [1.29, 1.82) is 0 Å². The molecule has 2 aromatic heterocycles. The third-order valence-electron chi connectivity index (χ3n) is 6.59. The van der Waals surface area contributed by atoms with Crippen LogP contribution in [-0.4, -0.2) is 129 Å². The Hall–Kier alpha value is -4.97. The molecule has 1 aliphatic heterocycles. The topological polar surface area (TPSA) is 230 Å². The zero-order chi connectivity index (χ0) is 35.5. The number of nitrogens with zero attached hydrogens (tertiary/aromatic N) is 5. The minimum absolute atomic E-state index is 0.149. The second-order valence-electron chi connectivity index (χ2n) is 9.99. The minimum atomic E-state index is -3.24. The van der Waals surface area contributed by atoms with Gasteiger partial charge in [-0.1, -0.05) is 18.2 Å². The molecule has 4 rings (SSSR count).